The summed E-state index contributed by atoms with van der Waals surface area (Å²) in [6.45, 7) is 9.33. The summed E-state index contributed by atoms with van der Waals surface area (Å²) in [5.41, 5.74) is 3.78. The van der Waals surface area contributed by atoms with E-state index in [1.54, 1.807) is 0 Å². The largest absolute Gasteiger partial charge is 0.466 e. The van der Waals surface area contributed by atoms with Crippen LogP contribution in [0, 0.1) is 19.8 Å². The molecule has 0 amide bonds. The molecule has 2 nitrogen and oxygen atoms in total. The first kappa shape index (κ1) is 19.7. The number of ether oxygens (including phenoxy) is 1. The normalized spacial score (nSPS) is 11.0. The number of carbonyl (C=O) groups excluding carboxylic acids is 1. The van der Waals surface area contributed by atoms with Crippen LogP contribution >= 0.6 is 0 Å². The van der Waals surface area contributed by atoms with Gasteiger partial charge in [0, 0.05) is 6.42 Å². The Morgan fingerprint density at radius 1 is 1.04 bits per heavy atom. The van der Waals surface area contributed by atoms with Crippen molar-refractivity contribution in [1.82, 2.24) is 0 Å². The minimum absolute atomic E-state index is 0.0650. The zero-order chi connectivity index (χ0) is 17.1. The van der Waals surface area contributed by atoms with E-state index < -0.39 is 0 Å². The lowest BCUT2D eigenvalue weighted by Crippen LogP contribution is -2.07. The molecule has 1 aromatic rings. The van der Waals surface area contributed by atoms with Gasteiger partial charge in [0.25, 0.3) is 0 Å². The highest BCUT2D eigenvalue weighted by molar-refractivity contribution is 5.69. The van der Waals surface area contributed by atoms with Gasteiger partial charge in [-0.3, -0.25) is 4.79 Å². The molecule has 0 radical (unpaired) electrons. The van der Waals surface area contributed by atoms with Crippen LogP contribution in [-0.2, 0) is 16.0 Å². The van der Waals surface area contributed by atoms with Gasteiger partial charge >= 0.3 is 5.97 Å². The molecule has 1 rings (SSSR count). The summed E-state index contributed by atoms with van der Waals surface area (Å²) >= 11 is 0. The highest BCUT2D eigenvalue weighted by atomic mass is 16.5. The van der Waals surface area contributed by atoms with E-state index in [0.717, 1.165) is 18.8 Å². The highest BCUT2D eigenvalue weighted by Gasteiger charge is 2.05. The van der Waals surface area contributed by atoms with Crippen LogP contribution in [0.25, 0.3) is 0 Å². The second-order valence-electron chi connectivity index (χ2n) is 7.10. The molecule has 0 saturated heterocycles. The van der Waals surface area contributed by atoms with Crippen LogP contribution in [0.5, 0.6) is 0 Å². The number of esters is 1. The Labute approximate surface area is 142 Å². The van der Waals surface area contributed by atoms with Crippen molar-refractivity contribution in [2.24, 2.45) is 5.92 Å². The minimum atomic E-state index is -0.0650. The predicted octanol–water partition coefficient (Wildman–Crippen LogP) is 5.78. The average Bonchev–Trinajstić information content (AvgIpc) is 2.48. The van der Waals surface area contributed by atoms with Gasteiger partial charge in [0.15, 0.2) is 0 Å². The van der Waals surface area contributed by atoms with Crippen LogP contribution in [-0.4, -0.2) is 12.6 Å². The second-order valence-corrected chi connectivity index (χ2v) is 7.10. The molecule has 0 N–H and O–H groups in total. The van der Waals surface area contributed by atoms with E-state index in [1.165, 1.54) is 48.8 Å². The Morgan fingerprint density at radius 3 is 2.43 bits per heavy atom. The molecule has 1 aromatic carbocycles. The predicted molar refractivity (Wildman–Crippen MR) is 97.7 cm³/mol. The number of hydrogen-bond acceptors (Lipinski definition) is 2. The number of rotatable bonds is 11. The fourth-order valence-electron chi connectivity index (χ4n) is 2.81. The molecule has 23 heavy (non-hydrogen) atoms. The van der Waals surface area contributed by atoms with Gasteiger partial charge in [-0.1, -0.05) is 69.7 Å². The maximum absolute atomic E-state index is 11.8. The van der Waals surface area contributed by atoms with Gasteiger partial charge in [0.1, 0.15) is 0 Å². The van der Waals surface area contributed by atoms with E-state index in [4.69, 9.17) is 4.74 Å². The van der Waals surface area contributed by atoms with Crippen LogP contribution < -0.4 is 0 Å². The molecule has 0 saturated carbocycles. The van der Waals surface area contributed by atoms with E-state index in [2.05, 4.69) is 45.9 Å². The molecule has 0 atom stereocenters. The molecule has 130 valence electrons. The molecule has 2 heteroatoms. The van der Waals surface area contributed by atoms with E-state index >= 15 is 0 Å². The van der Waals surface area contributed by atoms with Crippen molar-refractivity contribution in [1.29, 1.82) is 0 Å². The summed E-state index contributed by atoms with van der Waals surface area (Å²) in [4.78, 5) is 11.8. The van der Waals surface area contributed by atoms with Crippen LogP contribution in [0.4, 0.5) is 0 Å². The van der Waals surface area contributed by atoms with Crippen molar-refractivity contribution in [2.75, 3.05) is 6.61 Å². The molecule has 0 heterocycles. The van der Waals surface area contributed by atoms with Gasteiger partial charge in [-0.2, -0.15) is 0 Å². The number of unbranched alkanes of at least 4 members (excludes halogenated alkanes) is 4. The maximum atomic E-state index is 11.8. The Morgan fingerprint density at radius 2 is 1.74 bits per heavy atom. The summed E-state index contributed by atoms with van der Waals surface area (Å²) in [5, 5.41) is 0. The lowest BCUT2D eigenvalue weighted by Gasteiger charge is -2.08. The van der Waals surface area contributed by atoms with Crippen molar-refractivity contribution >= 4 is 5.97 Å². The molecule has 0 fully saturated rings. The SMILES string of the molecule is Cc1ccc(CCC(=O)OCCCCCCCC(C)C)c(C)c1. The van der Waals surface area contributed by atoms with Crippen molar-refractivity contribution < 1.29 is 9.53 Å². The zero-order valence-electron chi connectivity index (χ0n) is 15.5. The lowest BCUT2D eigenvalue weighted by atomic mass is 10.0. The van der Waals surface area contributed by atoms with Gasteiger partial charge in [-0.15, -0.1) is 0 Å². The first-order valence-corrected chi connectivity index (χ1v) is 9.21. The fraction of sp³-hybridized carbons (Fsp3) is 0.667. The number of carbonyl (C=O) groups is 1. The van der Waals surface area contributed by atoms with Crippen LogP contribution in [0.2, 0.25) is 0 Å². The summed E-state index contributed by atoms with van der Waals surface area (Å²) in [6.07, 6.45) is 8.64. The van der Waals surface area contributed by atoms with E-state index in [9.17, 15) is 4.79 Å². The summed E-state index contributed by atoms with van der Waals surface area (Å²) < 4.78 is 5.33. The summed E-state index contributed by atoms with van der Waals surface area (Å²) in [7, 11) is 0. The first-order valence-electron chi connectivity index (χ1n) is 9.21. The number of hydrogen-bond donors (Lipinski definition) is 0. The van der Waals surface area contributed by atoms with Gasteiger partial charge < -0.3 is 4.74 Å². The molecule has 0 aliphatic rings. The Kier molecular flexibility index (Phi) is 9.66. The third-order valence-electron chi connectivity index (χ3n) is 4.29. The van der Waals surface area contributed by atoms with E-state index in [-0.39, 0.29) is 5.97 Å². The molecular formula is C21H34O2. The third-order valence-corrected chi connectivity index (χ3v) is 4.29. The molecule has 0 aliphatic carbocycles. The Hall–Kier alpha value is -1.31. The van der Waals surface area contributed by atoms with E-state index in [0.29, 0.717) is 13.0 Å². The highest BCUT2D eigenvalue weighted by Crippen LogP contribution is 2.13. The molecule has 0 aromatic heterocycles. The maximum Gasteiger partial charge on any atom is 0.306 e. The van der Waals surface area contributed by atoms with Gasteiger partial charge in [0.2, 0.25) is 0 Å². The zero-order valence-corrected chi connectivity index (χ0v) is 15.5. The topological polar surface area (TPSA) is 26.3 Å². The second kappa shape index (κ2) is 11.3. The first-order chi connectivity index (χ1) is 11.0. The summed E-state index contributed by atoms with van der Waals surface area (Å²) in [6, 6.07) is 6.39. The van der Waals surface area contributed by atoms with Crippen LogP contribution in [0.3, 0.4) is 0 Å². The molecular weight excluding hydrogens is 284 g/mol. The van der Waals surface area contributed by atoms with Crippen LogP contribution in [0.15, 0.2) is 18.2 Å². The van der Waals surface area contributed by atoms with E-state index in [1.807, 2.05) is 0 Å². The van der Waals surface area contributed by atoms with Crippen molar-refractivity contribution in [3.63, 3.8) is 0 Å². The molecule has 0 spiro atoms. The molecule has 0 bridgehead atoms. The smallest absolute Gasteiger partial charge is 0.306 e. The number of benzene rings is 1. The summed E-state index contributed by atoms with van der Waals surface area (Å²) in [5.74, 6) is 0.748. The molecule has 0 aliphatic heterocycles. The van der Waals surface area contributed by atoms with Gasteiger partial charge in [-0.25, -0.2) is 0 Å². The quantitative estimate of drug-likeness (QED) is 0.382. The van der Waals surface area contributed by atoms with Crippen molar-refractivity contribution in [3.8, 4) is 0 Å². The Balaban J connectivity index is 2.04. The van der Waals surface area contributed by atoms with Crippen molar-refractivity contribution in [2.45, 2.75) is 79.1 Å². The monoisotopic (exact) mass is 318 g/mol. The molecule has 0 unspecified atom stereocenters. The fourth-order valence-corrected chi connectivity index (χ4v) is 2.81. The van der Waals surface area contributed by atoms with Gasteiger partial charge in [0.05, 0.1) is 6.61 Å². The Bertz CT molecular complexity index is 463. The van der Waals surface area contributed by atoms with Gasteiger partial charge in [-0.05, 0) is 43.7 Å². The average molecular weight is 319 g/mol. The standard InChI is InChI=1S/C21H34O2/c1-17(2)10-8-6-5-7-9-15-23-21(22)14-13-20-12-11-18(3)16-19(20)4/h11-12,16-17H,5-10,13-15H2,1-4H3. The number of aryl methyl sites for hydroxylation is 3. The minimum Gasteiger partial charge on any atom is -0.466 e. The van der Waals surface area contributed by atoms with Crippen LogP contribution in [0.1, 0.15) is 75.5 Å². The lowest BCUT2D eigenvalue weighted by molar-refractivity contribution is -0.143. The van der Waals surface area contributed by atoms with Crippen molar-refractivity contribution in [3.05, 3.63) is 34.9 Å². The third kappa shape index (κ3) is 9.43.